The van der Waals surface area contributed by atoms with Crippen molar-refractivity contribution in [1.82, 2.24) is 14.5 Å². The van der Waals surface area contributed by atoms with Gasteiger partial charge in [-0.3, -0.25) is 0 Å². The van der Waals surface area contributed by atoms with Gasteiger partial charge >= 0.3 is 0 Å². The molecule has 5 nitrogen and oxygen atoms in total. The Labute approximate surface area is 128 Å². The molecule has 2 heterocycles. The fourth-order valence-electron chi connectivity index (χ4n) is 2.64. The van der Waals surface area contributed by atoms with Gasteiger partial charge in [0.1, 0.15) is 24.1 Å². The smallest absolute Gasteiger partial charge is 0.146 e. The molecule has 0 radical (unpaired) electrons. The Morgan fingerprint density at radius 2 is 1.95 bits per heavy atom. The van der Waals surface area contributed by atoms with Gasteiger partial charge in [-0.2, -0.15) is 0 Å². The maximum Gasteiger partial charge on any atom is 0.146 e. The number of nitrogens with two attached hydrogens (primary N) is 1. The van der Waals surface area contributed by atoms with Crippen LogP contribution in [0.2, 0.25) is 0 Å². The molecule has 0 bridgehead atoms. The Kier molecular flexibility index (Phi) is 3.63. The van der Waals surface area contributed by atoms with E-state index in [1.54, 1.807) is 0 Å². The van der Waals surface area contributed by atoms with E-state index < -0.39 is 0 Å². The van der Waals surface area contributed by atoms with E-state index in [1.165, 1.54) is 6.33 Å². The molecule has 0 saturated carbocycles. The number of rotatable bonds is 4. The highest BCUT2D eigenvalue weighted by atomic mass is 16.1. The molecular formula is C17H18N4O. The quantitative estimate of drug-likeness (QED) is 0.751. The molecular weight excluding hydrogens is 276 g/mol. The van der Waals surface area contributed by atoms with Gasteiger partial charge in [0.15, 0.2) is 0 Å². The third kappa shape index (κ3) is 2.35. The van der Waals surface area contributed by atoms with Crippen LogP contribution in [0.15, 0.2) is 36.8 Å². The molecule has 112 valence electrons. The Balaban J connectivity index is 2.19. The number of hydrogen-bond donors (Lipinski definition) is 1. The van der Waals surface area contributed by atoms with E-state index in [9.17, 15) is 4.79 Å². The first kappa shape index (κ1) is 14.3. The van der Waals surface area contributed by atoms with E-state index in [1.807, 2.05) is 24.3 Å². The average molecular weight is 294 g/mol. The van der Waals surface area contributed by atoms with Gasteiger partial charge in [-0.25, -0.2) is 9.97 Å². The van der Waals surface area contributed by atoms with Crippen LogP contribution in [-0.4, -0.2) is 20.8 Å². The van der Waals surface area contributed by atoms with Crippen molar-refractivity contribution in [2.24, 2.45) is 0 Å². The Morgan fingerprint density at radius 3 is 2.59 bits per heavy atom. The number of aromatic nitrogens is 3. The van der Waals surface area contributed by atoms with Crippen LogP contribution in [0.4, 0.5) is 5.82 Å². The zero-order chi connectivity index (χ0) is 15.7. The Morgan fingerprint density at radius 1 is 1.23 bits per heavy atom. The lowest BCUT2D eigenvalue weighted by Crippen LogP contribution is -2.00. The molecule has 0 aliphatic carbocycles. The maximum atomic E-state index is 10.6. The van der Waals surface area contributed by atoms with Crippen molar-refractivity contribution in [3.63, 3.8) is 0 Å². The van der Waals surface area contributed by atoms with Gasteiger partial charge in [0.25, 0.3) is 0 Å². The maximum absolute atomic E-state index is 10.6. The van der Waals surface area contributed by atoms with E-state index in [0.717, 1.165) is 34.0 Å². The van der Waals surface area contributed by atoms with Gasteiger partial charge in [0, 0.05) is 24.2 Å². The summed E-state index contributed by atoms with van der Waals surface area (Å²) >= 11 is 0. The first-order valence-corrected chi connectivity index (χ1v) is 7.25. The molecule has 0 saturated heterocycles. The number of anilines is 1. The SMILES string of the molecule is CC(C)n1cc(-c2ccc(CC=O)cc2)c2c(N)ncnc21. The molecule has 3 aromatic rings. The lowest BCUT2D eigenvalue weighted by atomic mass is 10.0. The summed E-state index contributed by atoms with van der Waals surface area (Å²) in [7, 11) is 0. The second-order valence-corrected chi connectivity index (χ2v) is 5.57. The first-order chi connectivity index (χ1) is 10.6. The van der Waals surface area contributed by atoms with Crippen molar-refractivity contribution >= 4 is 23.1 Å². The molecule has 1 aromatic carbocycles. The fourth-order valence-corrected chi connectivity index (χ4v) is 2.64. The van der Waals surface area contributed by atoms with Crippen LogP contribution >= 0.6 is 0 Å². The standard InChI is InChI=1S/C17H18N4O/c1-11(2)21-9-14(15-16(18)19-10-20-17(15)21)13-5-3-12(4-6-13)7-8-22/h3-6,8-11H,7H2,1-2H3,(H2,18,19,20). The van der Waals surface area contributed by atoms with Gasteiger partial charge in [0.05, 0.1) is 5.39 Å². The van der Waals surface area contributed by atoms with Crippen molar-refractivity contribution in [3.8, 4) is 11.1 Å². The van der Waals surface area contributed by atoms with Crippen LogP contribution < -0.4 is 5.73 Å². The molecule has 2 aromatic heterocycles. The van der Waals surface area contributed by atoms with Crippen LogP contribution in [0, 0.1) is 0 Å². The number of nitrogen functional groups attached to an aromatic ring is 1. The van der Waals surface area contributed by atoms with Gasteiger partial charge in [-0.1, -0.05) is 24.3 Å². The third-order valence-corrected chi connectivity index (χ3v) is 3.78. The summed E-state index contributed by atoms with van der Waals surface area (Å²) in [6.07, 6.45) is 4.90. The van der Waals surface area contributed by atoms with Crippen molar-refractivity contribution in [1.29, 1.82) is 0 Å². The van der Waals surface area contributed by atoms with E-state index >= 15 is 0 Å². The highest BCUT2D eigenvalue weighted by Crippen LogP contribution is 2.34. The number of hydrogen-bond acceptors (Lipinski definition) is 4. The molecule has 0 fully saturated rings. The monoisotopic (exact) mass is 294 g/mol. The molecule has 0 aliphatic rings. The molecule has 22 heavy (non-hydrogen) atoms. The summed E-state index contributed by atoms with van der Waals surface area (Å²) in [5.41, 5.74) is 9.97. The van der Waals surface area contributed by atoms with Crippen LogP contribution in [0.1, 0.15) is 25.5 Å². The minimum atomic E-state index is 0.278. The molecule has 0 atom stereocenters. The fraction of sp³-hybridized carbons (Fsp3) is 0.235. The molecule has 0 spiro atoms. The summed E-state index contributed by atoms with van der Waals surface area (Å²) < 4.78 is 2.10. The Hall–Kier alpha value is -2.69. The van der Waals surface area contributed by atoms with Gasteiger partial charge in [-0.15, -0.1) is 0 Å². The number of carbonyl (C=O) groups is 1. The number of benzene rings is 1. The van der Waals surface area contributed by atoms with E-state index in [-0.39, 0.29) is 6.04 Å². The summed E-state index contributed by atoms with van der Waals surface area (Å²) in [6, 6.07) is 8.21. The lowest BCUT2D eigenvalue weighted by molar-refractivity contribution is -0.107. The third-order valence-electron chi connectivity index (χ3n) is 3.78. The predicted octanol–water partition coefficient (Wildman–Crippen LogP) is 3.00. The second kappa shape index (κ2) is 5.60. The lowest BCUT2D eigenvalue weighted by Gasteiger charge is -2.07. The van der Waals surface area contributed by atoms with Crippen molar-refractivity contribution < 1.29 is 4.79 Å². The molecule has 5 heteroatoms. The first-order valence-electron chi connectivity index (χ1n) is 7.25. The van der Waals surface area contributed by atoms with Gasteiger partial charge in [0.2, 0.25) is 0 Å². The number of nitrogens with zero attached hydrogens (tertiary/aromatic N) is 3. The molecule has 0 unspecified atom stereocenters. The van der Waals surface area contributed by atoms with E-state index in [4.69, 9.17) is 5.73 Å². The average Bonchev–Trinajstić information content (AvgIpc) is 2.90. The molecule has 0 amide bonds. The topological polar surface area (TPSA) is 73.8 Å². The summed E-state index contributed by atoms with van der Waals surface area (Å²) in [5.74, 6) is 0.483. The van der Waals surface area contributed by atoms with Crippen molar-refractivity contribution in [2.45, 2.75) is 26.3 Å². The zero-order valence-corrected chi connectivity index (χ0v) is 12.7. The van der Waals surface area contributed by atoms with Gasteiger partial charge < -0.3 is 15.1 Å². The van der Waals surface area contributed by atoms with Crippen LogP contribution in [0.5, 0.6) is 0 Å². The minimum absolute atomic E-state index is 0.278. The zero-order valence-electron chi connectivity index (χ0n) is 12.7. The molecule has 2 N–H and O–H groups in total. The van der Waals surface area contributed by atoms with Crippen LogP contribution in [0.3, 0.4) is 0 Å². The van der Waals surface area contributed by atoms with Crippen molar-refractivity contribution in [2.75, 3.05) is 5.73 Å². The van der Waals surface area contributed by atoms with Crippen molar-refractivity contribution in [3.05, 3.63) is 42.4 Å². The van der Waals surface area contributed by atoms with Crippen LogP contribution in [0.25, 0.3) is 22.2 Å². The summed E-state index contributed by atoms with van der Waals surface area (Å²) in [4.78, 5) is 19.1. The predicted molar refractivity (Wildman–Crippen MR) is 87.5 cm³/mol. The van der Waals surface area contributed by atoms with E-state index in [0.29, 0.717) is 12.2 Å². The number of aldehydes is 1. The largest absolute Gasteiger partial charge is 0.383 e. The summed E-state index contributed by atoms with van der Waals surface area (Å²) in [5, 5.41) is 0.874. The van der Waals surface area contributed by atoms with Gasteiger partial charge in [-0.05, 0) is 25.0 Å². The normalized spacial score (nSPS) is 11.2. The Bertz CT molecular complexity index is 819. The summed E-state index contributed by atoms with van der Waals surface area (Å²) in [6.45, 7) is 4.21. The number of fused-ring (bicyclic) bond motifs is 1. The second-order valence-electron chi connectivity index (χ2n) is 5.57. The molecule has 3 rings (SSSR count). The number of carbonyl (C=O) groups excluding carboxylic acids is 1. The highest BCUT2D eigenvalue weighted by molar-refractivity contribution is 6.00. The van der Waals surface area contributed by atoms with E-state index in [2.05, 4.69) is 34.6 Å². The van der Waals surface area contributed by atoms with Crippen LogP contribution in [-0.2, 0) is 11.2 Å². The highest BCUT2D eigenvalue weighted by Gasteiger charge is 2.16. The minimum Gasteiger partial charge on any atom is -0.383 e. The molecule has 0 aliphatic heterocycles.